The van der Waals surface area contributed by atoms with E-state index in [9.17, 15) is 9.59 Å². The Hall–Kier alpha value is -3.48. The van der Waals surface area contributed by atoms with Crippen LogP contribution in [0.15, 0.2) is 67.3 Å². The van der Waals surface area contributed by atoms with Crippen LogP contribution in [-0.4, -0.2) is 51.6 Å². The van der Waals surface area contributed by atoms with Crippen molar-refractivity contribution in [2.24, 2.45) is 5.41 Å². The van der Waals surface area contributed by atoms with Crippen molar-refractivity contribution in [2.75, 3.05) is 20.1 Å². The Kier molecular flexibility index (Phi) is 6.11. The average molecular weight is 418 g/mol. The van der Waals surface area contributed by atoms with Crippen LogP contribution >= 0.6 is 0 Å². The third kappa shape index (κ3) is 4.50. The molecule has 0 radical (unpaired) electrons. The molecule has 2 amide bonds. The van der Waals surface area contributed by atoms with E-state index in [2.05, 4.69) is 39.7 Å². The van der Waals surface area contributed by atoms with Gasteiger partial charge in [-0.2, -0.15) is 5.10 Å². The quantitative estimate of drug-likeness (QED) is 0.668. The average Bonchev–Trinajstić information content (AvgIpc) is 3.33. The third-order valence-corrected chi connectivity index (χ3v) is 6.18. The highest BCUT2D eigenvalue weighted by Crippen LogP contribution is 2.38. The minimum atomic E-state index is -0.538. The van der Waals surface area contributed by atoms with Crippen molar-refractivity contribution < 1.29 is 9.59 Å². The van der Waals surface area contributed by atoms with E-state index < -0.39 is 5.41 Å². The number of nitrogens with zero attached hydrogens (tertiary/aromatic N) is 4. The first-order valence-corrected chi connectivity index (χ1v) is 10.6. The summed E-state index contributed by atoms with van der Waals surface area (Å²) < 4.78 is 1.53. The molecule has 0 atom stereocenters. The van der Waals surface area contributed by atoms with Crippen LogP contribution in [0.2, 0.25) is 0 Å². The molecule has 4 rings (SSSR count). The first kappa shape index (κ1) is 20.8. The van der Waals surface area contributed by atoms with E-state index in [1.807, 2.05) is 35.2 Å². The van der Waals surface area contributed by atoms with Crippen LogP contribution in [0.1, 0.15) is 18.4 Å². The number of hydrogen-bond donors (Lipinski definition) is 1. The fourth-order valence-corrected chi connectivity index (χ4v) is 4.42. The van der Waals surface area contributed by atoms with Gasteiger partial charge in [-0.3, -0.25) is 9.59 Å². The number of carbonyl (C=O) groups excluding carboxylic acids is 2. The summed E-state index contributed by atoms with van der Waals surface area (Å²) in [4.78, 5) is 31.4. The normalized spacial score (nSPS) is 15.5. The first-order valence-electron chi connectivity index (χ1n) is 10.6. The molecule has 0 spiro atoms. The van der Waals surface area contributed by atoms with E-state index in [4.69, 9.17) is 0 Å². The number of benzene rings is 2. The number of piperidine rings is 1. The molecule has 1 aliphatic rings. The molecule has 160 valence electrons. The van der Waals surface area contributed by atoms with Gasteiger partial charge >= 0.3 is 0 Å². The smallest absolute Gasteiger partial charge is 0.244 e. The molecule has 7 heteroatoms. The van der Waals surface area contributed by atoms with Gasteiger partial charge in [0.25, 0.3) is 0 Å². The number of rotatable bonds is 6. The molecule has 0 unspecified atom stereocenters. The van der Waals surface area contributed by atoms with Gasteiger partial charge in [0.1, 0.15) is 19.2 Å². The van der Waals surface area contributed by atoms with E-state index in [1.54, 1.807) is 7.05 Å². The van der Waals surface area contributed by atoms with E-state index in [-0.39, 0.29) is 18.4 Å². The predicted molar refractivity (Wildman–Crippen MR) is 118 cm³/mol. The van der Waals surface area contributed by atoms with Crippen LogP contribution < -0.4 is 5.32 Å². The lowest BCUT2D eigenvalue weighted by Gasteiger charge is -2.41. The molecule has 2 heterocycles. The zero-order valence-electron chi connectivity index (χ0n) is 17.7. The van der Waals surface area contributed by atoms with Crippen molar-refractivity contribution in [3.8, 4) is 11.1 Å². The lowest BCUT2D eigenvalue weighted by molar-refractivity contribution is -0.140. The molecule has 1 fully saturated rings. The van der Waals surface area contributed by atoms with Crippen molar-refractivity contribution >= 4 is 11.8 Å². The van der Waals surface area contributed by atoms with Crippen LogP contribution in [0.4, 0.5) is 0 Å². The van der Waals surface area contributed by atoms with Gasteiger partial charge < -0.3 is 10.2 Å². The van der Waals surface area contributed by atoms with Crippen LogP contribution in [0, 0.1) is 5.41 Å². The molecule has 3 aromatic rings. The van der Waals surface area contributed by atoms with E-state index in [1.165, 1.54) is 17.3 Å². The fourth-order valence-electron chi connectivity index (χ4n) is 4.42. The highest BCUT2D eigenvalue weighted by atomic mass is 16.2. The minimum absolute atomic E-state index is 0.000641. The van der Waals surface area contributed by atoms with Crippen molar-refractivity contribution in [3.05, 3.63) is 72.8 Å². The summed E-state index contributed by atoms with van der Waals surface area (Å²) in [6, 6.07) is 18.5. The summed E-state index contributed by atoms with van der Waals surface area (Å²) in [6.07, 6.45) is 4.85. The van der Waals surface area contributed by atoms with Crippen LogP contribution in [-0.2, 0) is 22.6 Å². The van der Waals surface area contributed by atoms with Gasteiger partial charge in [-0.15, -0.1) is 0 Å². The lowest BCUT2D eigenvalue weighted by atomic mass is 9.72. The molecule has 1 saturated heterocycles. The van der Waals surface area contributed by atoms with Crippen LogP contribution in [0.25, 0.3) is 11.1 Å². The molecule has 0 saturated carbocycles. The summed E-state index contributed by atoms with van der Waals surface area (Å²) in [7, 11) is 1.69. The van der Waals surface area contributed by atoms with Crippen LogP contribution in [0.3, 0.4) is 0 Å². The highest BCUT2D eigenvalue weighted by Gasteiger charge is 2.42. The Balaban J connectivity index is 1.53. The SMILES string of the molecule is CNC(=O)C1(Cc2ccccc2-c2ccccc2)CCN(C(=O)Cn2cncn2)CC1. The zero-order valence-corrected chi connectivity index (χ0v) is 17.7. The third-order valence-electron chi connectivity index (χ3n) is 6.18. The second-order valence-electron chi connectivity index (χ2n) is 8.03. The largest absolute Gasteiger partial charge is 0.359 e. The summed E-state index contributed by atoms with van der Waals surface area (Å²) in [5, 5.41) is 6.88. The van der Waals surface area contributed by atoms with Gasteiger partial charge in [0.15, 0.2) is 0 Å². The zero-order chi connectivity index (χ0) is 21.7. The second kappa shape index (κ2) is 9.12. The summed E-state index contributed by atoms with van der Waals surface area (Å²) in [6.45, 7) is 1.27. The van der Waals surface area contributed by atoms with Gasteiger partial charge in [0.05, 0.1) is 5.41 Å². The molecule has 0 bridgehead atoms. The Morgan fingerprint density at radius 1 is 1.03 bits per heavy atom. The molecule has 1 aromatic heterocycles. The lowest BCUT2D eigenvalue weighted by Crippen LogP contribution is -2.51. The molecule has 2 aromatic carbocycles. The first-order chi connectivity index (χ1) is 15.1. The number of carbonyl (C=O) groups is 2. The Morgan fingerprint density at radius 3 is 2.42 bits per heavy atom. The second-order valence-corrected chi connectivity index (χ2v) is 8.03. The maximum Gasteiger partial charge on any atom is 0.244 e. The number of nitrogens with one attached hydrogen (secondary N) is 1. The van der Waals surface area contributed by atoms with Crippen molar-refractivity contribution in [1.82, 2.24) is 25.0 Å². The molecule has 7 nitrogen and oxygen atoms in total. The van der Waals surface area contributed by atoms with Gasteiger partial charge in [0, 0.05) is 20.1 Å². The topological polar surface area (TPSA) is 80.1 Å². The standard InChI is InChI=1S/C24H27N5O2/c1-25-23(31)24(11-13-28(14-12-24)22(30)16-29-18-26-17-27-29)15-20-9-5-6-10-21(20)19-7-3-2-4-8-19/h2-10,17-18H,11-16H2,1H3,(H,25,31). The van der Waals surface area contributed by atoms with Gasteiger partial charge in [0.2, 0.25) is 11.8 Å². The molecular weight excluding hydrogens is 390 g/mol. The summed E-state index contributed by atoms with van der Waals surface area (Å²) in [5.74, 6) is 0.0411. The van der Waals surface area contributed by atoms with Crippen molar-refractivity contribution in [3.63, 3.8) is 0 Å². The maximum atomic E-state index is 13.0. The number of aromatic nitrogens is 3. The Labute approximate surface area is 182 Å². The van der Waals surface area contributed by atoms with Crippen LogP contribution in [0.5, 0.6) is 0 Å². The summed E-state index contributed by atoms with van der Waals surface area (Å²) in [5.41, 5.74) is 2.91. The van der Waals surface area contributed by atoms with Gasteiger partial charge in [-0.25, -0.2) is 9.67 Å². The Morgan fingerprint density at radius 2 is 1.74 bits per heavy atom. The highest BCUT2D eigenvalue weighted by molar-refractivity contribution is 5.84. The number of amides is 2. The monoisotopic (exact) mass is 417 g/mol. The van der Waals surface area contributed by atoms with Crippen molar-refractivity contribution in [2.45, 2.75) is 25.8 Å². The van der Waals surface area contributed by atoms with Gasteiger partial charge in [-0.1, -0.05) is 54.6 Å². The van der Waals surface area contributed by atoms with E-state index in [0.717, 1.165) is 16.7 Å². The summed E-state index contributed by atoms with van der Waals surface area (Å²) >= 11 is 0. The van der Waals surface area contributed by atoms with Gasteiger partial charge in [-0.05, 0) is 36.0 Å². The van der Waals surface area contributed by atoms with E-state index >= 15 is 0 Å². The molecule has 31 heavy (non-hydrogen) atoms. The number of hydrogen-bond acceptors (Lipinski definition) is 4. The fraction of sp³-hybridized carbons (Fsp3) is 0.333. The molecule has 0 aliphatic carbocycles. The Bertz CT molecular complexity index is 1030. The predicted octanol–water partition coefficient (Wildman–Crippen LogP) is 2.54. The molecule has 1 N–H and O–H groups in total. The van der Waals surface area contributed by atoms with Crippen molar-refractivity contribution in [1.29, 1.82) is 0 Å². The maximum absolute atomic E-state index is 13.0. The number of likely N-dealkylation sites (tertiary alicyclic amines) is 1. The molecular formula is C24H27N5O2. The molecule has 1 aliphatic heterocycles. The minimum Gasteiger partial charge on any atom is -0.359 e. The van der Waals surface area contributed by atoms with E-state index in [0.29, 0.717) is 32.4 Å².